The highest BCUT2D eigenvalue weighted by atomic mass is 32.2. The number of hydrogen-bond donors (Lipinski definition) is 0. The van der Waals surface area contributed by atoms with Crippen molar-refractivity contribution in [1.29, 1.82) is 0 Å². The van der Waals surface area contributed by atoms with Crippen LogP contribution in [0.3, 0.4) is 0 Å². The van der Waals surface area contributed by atoms with Crippen LogP contribution in [0.2, 0.25) is 0 Å². The van der Waals surface area contributed by atoms with Crippen molar-refractivity contribution in [2.75, 3.05) is 25.2 Å². The summed E-state index contributed by atoms with van der Waals surface area (Å²) < 4.78 is 33.1. The lowest BCUT2D eigenvalue weighted by Crippen LogP contribution is -2.46. The second kappa shape index (κ2) is 9.69. The van der Waals surface area contributed by atoms with Gasteiger partial charge in [-0.3, -0.25) is 4.79 Å². The van der Waals surface area contributed by atoms with Gasteiger partial charge in [-0.15, -0.1) is 0 Å². The summed E-state index contributed by atoms with van der Waals surface area (Å²) in [5.41, 5.74) is 1.06. The molecule has 0 spiro atoms. The summed E-state index contributed by atoms with van der Waals surface area (Å²) >= 11 is 0. The predicted molar refractivity (Wildman–Crippen MR) is 107 cm³/mol. The molecule has 0 N–H and O–H groups in total. The van der Waals surface area contributed by atoms with Crippen LogP contribution in [0, 0.1) is 0 Å². The number of benzene rings is 1. The van der Waals surface area contributed by atoms with Crippen LogP contribution in [-0.4, -0.2) is 68.5 Å². The Balaban J connectivity index is 1.94. The number of rotatable bonds is 7. The number of esters is 2. The quantitative estimate of drug-likeness (QED) is 0.483. The molecular weight excluding hydrogens is 398 g/mol. The van der Waals surface area contributed by atoms with E-state index in [1.807, 2.05) is 0 Å². The number of sulfone groups is 1. The van der Waals surface area contributed by atoms with E-state index in [0.717, 1.165) is 0 Å². The molecule has 8 nitrogen and oxygen atoms in total. The van der Waals surface area contributed by atoms with Crippen LogP contribution in [0.15, 0.2) is 30.3 Å². The minimum absolute atomic E-state index is 0.0608. The highest BCUT2D eigenvalue weighted by Crippen LogP contribution is 2.19. The lowest BCUT2D eigenvalue weighted by molar-refractivity contribution is -0.156. The molecular formula is C20H25NO7S. The summed E-state index contributed by atoms with van der Waals surface area (Å²) in [6, 6.07) is 6.03. The highest BCUT2D eigenvalue weighted by Gasteiger charge is 2.36. The first-order valence-corrected chi connectivity index (χ1v) is 11.1. The fourth-order valence-corrected chi connectivity index (χ4v) is 4.86. The fraction of sp³-hybridized carbons (Fsp3) is 0.450. The second-order valence-corrected chi connectivity index (χ2v) is 8.94. The highest BCUT2D eigenvalue weighted by molar-refractivity contribution is 7.91. The minimum Gasteiger partial charge on any atom is -0.465 e. The first-order chi connectivity index (χ1) is 13.7. The van der Waals surface area contributed by atoms with Crippen LogP contribution in [0.1, 0.15) is 36.2 Å². The third kappa shape index (κ3) is 6.15. The van der Waals surface area contributed by atoms with E-state index in [4.69, 9.17) is 4.74 Å². The summed E-state index contributed by atoms with van der Waals surface area (Å²) in [5, 5.41) is 0. The monoisotopic (exact) mass is 423 g/mol. The van der Waals surface area contributed by atoms with Crippen LogP contribution >= 0.6 is 0 Å². The first-order valence-electron chi connectivity index (χ1n) is 9.24. The molecule has 1 aromatic rings. The standard InChI is InChI=1S/C20H25NO7S/c1-4-21(17-11-12-29(25,26)13-17)19(23)14(2)28-18(22)10-7-15-5-8-16(9-6-15)20(24)27-3/h5-10,14,17H,4,11-13H2,1-3H3/b10-7+/t14-,17-/m0/s1. The van der Waals surface area contributed by atoms with Gasteiger partial charge in [0.25, 0.3) is 5.91 Å². The van der Waals surface area contributed by atoms with E-state index in [0.29, 0.717) is 24.1 Å². The van der Waals surface area contributed by atoms with Crippen molar-refractivity contribution < 1.29 is 32.3 Å². The van der Waals surface area contributed by atoms with E-state index in [-0.39, 0.29) is 17.5 Å². The molecule has 1 aliphatic rings. The van der Waals surface area contributed by atoms with Crippen LogP contribution < -0.4 is 0 Å². The molecule has 9 heteroatoms. The van der Waals surface area contributed by atoms with E-state index in [9.17, 15) is 22.8 Å². The molecule has 1 heterocycles. The Hall–Kier alpha value is -2.68. The van der Waals surface area contributed by atoms with Gasteiger partial charge in [0, 0.05) is 18.7 Å². The minimum atomic E-state index is -3.12. The largest absolute Gasteiger partial charge is 0.465 e. The Morgan fingerprint density at radius 1 is 1.24 bits per heavy atom. The Morgan fingerprint density at radius 3 is 2.41 bits per heavy atom. The number of ether oxygens (including phenoxy) is 2. The van der Waals surface area contributed by atoms with Crippen molar-refractivity contribution >= 4 is 33.8 Å². The van der Waals surface area contributed by atoms with Gasteiger partial charge in [0.2, 0.25) is 0 Å². The second-order valence-electron chi connectivity index (χ2n) is 6.71. The molecule has 0 saturated carbocycles. The molecule has 0 radical (unpaired) electrons. The van der Waals surface area contributed by atoms with Gasteiger partial charge in [-0.1, -0.05) is 12.1 Å². The van der Waals surface area contributed by atoms with Crippen molar-refractivity contribution in [2.24, 2.45) is 0 Å². The zero-order valence-electron chi connectivity index (χ0n) is 16.7. The number of hydrogen-bond acceptors (Lipinski definition) is 7. The zero-order valence-corrected chi connectivity index (χ0v) is 17.5. The molecule has 2 atom stereocenters. The lowest BCUT2D eigenvalue weighted by Gasteiger charge is -2.29. The molecule has 1 aliphatic heterocycles. The van der Waals surface area contributed by atoms with Gasteiger partial charge in [-0.05, 0) is 44.0 Å². The number of carbonyl (C=O) groups excluding carboxylic acids is 3. The Labute approximate surface area is 170 Å². The molecule has 0 aromatic heterocycles. The van der Waals surface area contributed by atoms with Crippen molar-refractivity contribution in [3.63, 3.8) is 0 Å². The number of carbonyl (C=O) groups is 3. The summed E-state index contributed by atoms with van der Waals surface area (Å²) in [4.78, 5) is 37.5. The van der Waals surface area contributed by atoms with Crippen LogP contribution in [-0.2, 0) is 28.9 Å². The Kier molecular flexibility index (Phi) is 7.55. The maximum Gasteiger partial charge on any atom is 0.337 e. The molecule has 2 rings (SSSR count). The van der Waals surface area contributed by atoms with E-state index in [1.165, 1.54) is 31.1 Å². The molecule has 29 heavy (non-hydrogen) atoms. The maximum absolute atomic E-state index is 12.6. The van der Waals surface area contributed by atoms with Gasteiger partial charge < -0.3 is 14.4 Å². The molecule has 158 valence electrons. The van der Waals surface area contributed by atoms with E-state index in [1.54, 1.807) is 31.2 Å². The van der Waals surface area contributed by atoms with Crippen molar-refractivity contribution in [3.8, 4) is 0 Å². The topological polar surface area (TPSA) is 107 Å². The van der Waals surface area contributed by atoms with Gasteiger partial charge in [0.05, 0.1) is 24.2 Å². The smallest absolute Gasteiger partial charge is 0.337 e. The SMILES string of the molecule is CCN(C(=O)[C@H](C)OC(=O)/C=C/c1ccc(C(=O)OC)cc1)[C@H]1CCS(=O)(=O)C1. The van der Waals surface area contributed by atoms with Gasteiger partial charge in [0.15, 0.2) is 15.9 Å². The van der Waals surface area contributed by atoms with Crippen LogP contribution in [0.4, 0.5) is 0 Å². The van der Waals surface area contributed by atoms with Crippen molar-refractivity contribution in [3.05, 3.63) is 41.5 Å². The first kappa shape index (κ1) is 22.6. The summed E-state index contributed by atoms with van der Waals surface area (Å²) in [6.45, 7) is 3.56. The molecule has 0 bridgehead atoms. The molecule has 0 unspecified atom stereocenters. The number of likely N-dealkylation sites (N-methyl/N-ethyl adjacent to an activating group) is 1. The number of methoxy groups -OCH3 is 1. The zero-order chi connectivity index (χ0) is 21.6. The normalized spacial score (nSPS) is 18.9. The van der Waals surface area contributed by atoms with Gasteiger partial charge in [-0.2, -0.15) is 0 Å². The average molecular weight is 423 g/mol. The van der Waals surface area contributed by atoms with Gasteiger partial charge in [-0.25, -0.2) is 18.0 Å². The fourth-order valence-electron chi connectivity index (χ4n) is 3.13. The molecule has 1 aromatic carbocycles. The Morgan fingerprint density at radius 2 is 1.90 bits per heavy atom. The van der Waals surface area contributed by atoms with Crippen molar-refractivity contribution in [2.45, 2.75) is 32.4 Å². The molecule has 1 saturated heterocycles. The number of nitrogens with zero attached hydrogens (tertiary/aromatic N) is 1. The molecule has 1 amide bonds. The number of amides is 1. The maximum atomic E-state index is 12.6. The van der Waals surface area contributed by atoms with Crippen LogP contribution in [0.25, 0.3) is 6.08 Å². The van der Waals surface area contributed by atoms with E-state index in [2.05, 4.69) is 4.74 Å². The lowest BCUT2D eigenvalue weighted by atomic mass is 10.1. The summed E-state index contributed by atoms with van der Waals surface area (Å²) in [6.07, 6.45) is 2.05. The third-order valence-electron chi connectivity index (χ3n) is 4.66. The average Bonchev–Trinajstić information content (AvgIpc) is 3.05. The summed E-state index contributed by atoms with van der Waals surface area (Å²) in [7, 11) is -1.83. The van der Waals surface area contributed by atoms with Crippen molar-refractivity contribution in [1.82, 2.24) is 4.90 Å². The third-order valence-corrected chi connectivity index (χ3v) is 6.41. The predicted octanol–water partition coefficient (Wildman–Crippen LogP) is 1.45. The van der Waals surface area contributed by atoms with Gasteiger partial charge >= 0.3 is 11.9 Å². The van der Waals surface area contributed by atoms with E-state index < -0.39 is 33.8 Å². The Bertz CT molecular complexity index is 890. The van der Waals surface area contributed by atoms with E-state index >= 15 is 0 Å². The molecule has 1 fully saturated rings. The summed E-state index contributed by atoms with van der Waals surface area (Å²) in [5.74, 6) is -1.57. The van der Waals surface area contributed by atoms with Gasteiger partial charge in [0.1, 0.15) is 0 Å². The van der Waals surface area contributed by atoms with Crippen LogP contribution in [0.5, 0.6) is 0 Å². The molecule has 0 aliphatic carbocycles.